The molecular weight excluding hydrogens is 281 g/mol. The molecule has 2 aromatic carbocycles. The molecule has 0 spiro atoms. The van der Waals surface area contributed by atoms with Gasteiger partial charge >= 0.3 is 0 Å². The molecule has 0 saturated carbocycles. The van der Waals surface area contributed by atoms with Crippen LogP contribution in [-0.2, 0) is 6.54 Å². The first-order valence-corrected chi connectivity index (χ1v) is 6.33. The second-order valence-electron chi connectivity index (χ2n) is 4.45. The lowest BCUT2D eigenvalue weighted by Gasteiger charge is -2.17. The number of aromatic hydroxyl groups is 1. The van der Waals surface area contributed by atoms with E-state index >= 15 is 0 Å². The van der Waals surface area contributed by atoms with Gasteiger partial charge in [-0.05, 0) is 29.8 Å². The van der Waals surface area contributed by atoms with Crippen LogP contribution in [0.2, 0.25) is 5.02 Å². The van der Waals surface area contributed by atoms with Crippen molar-refractivity contribution in [2.75, 3.05) is 7.05 Å². The lowest BCUT2D eigenvalue weighted by Crippen LogP contribution is -2.27. The Labute approximate surface area is 121 Å². The minimum absolute atomic E-state index is 0.0701. The van der Waals surface area contributed by atoms with Crippen molar-refractivity contribution in [2.24, 2.45) is 0 Å². The quantitative estimate of drug-likeness (QED) is 0.941. The zero-order valence-electron chi connectivity index (χ0n) is 10.8. The summed E-state index contributed by atoms with van der Waals surface area (Å²) in [5.41, 5.74) is 0.823. The molecule has 0 saturated heterocycles. The van der Waals surface area contributed by atoms with Gasteiger partial charge < -0.3 is 10.0 Å². The number of carbonyl (C=O) groups is 1. The standard InChI is InChI=1S/C15H13ClFNO2/c1-18(9-10-2-4-11(16)5-3-10)15(20)13-7-6-12(19)8-14(13)17/h2-8,19H,9H2,1H3. The van der Waals surface area contributed by atoms with Gasteiger partial charge in [0, 0.05) is 24.7 Å². The van der Waals surface area contributed by atoms with E-state index in [0.717, 1.165) is 11.6 Å². The summed E-state index contributed by atoms with van der Waals surface area (Å²) in [6, 6.07) is 10.5. The molecule has 1 amide bonds. The van der Waals surface area contributed by atoms with Gasteiger partial charge in [-0.3, -0.25) is 4.79 Å². The predicted octanol–water partition coefficient (Wildman–Crippen LogP) is 3.46. The van der Waals surface area contributed by atoms with Gasteiger partial charge in [0.05, 0.1) is 5.56 Å². The molecule has 0 atom stereocenters. The summed E-state index contributed by atoms with van der Waals surface area (Å²) in [4.78, 5) is 13.5. The van der Waals surface area contributed by atoms with Crippen LogP contribution in [0.4, 0.5) is 4.39 Å². The number of halogens is 2. The number of nitrogens with zero attached hydrogens (tertiary/aromatic N) is 1. The second-order valence-corrected chi connectivity index (χ2v) is 4.89. The maximum atomic E-state index is 13.6. The Hall–Kier alpha value is -2.07. The fourth-order valence-corrected chi connectivity index (χ4v) is 1.94. The van der Waals surface area contributed by atoms with E-state index in [9.17, 15) is 9.18 Å². The monoisotopic (exact) mass is 293 g/mol. The molecule has 2 rings (SSSR count). The molecule has 0 heterocycles. The van der Waals surface area contributed by atoms with Crippen molar-refractivity contribution in [3.8, 4) is 5.75 Å². The van der Waals surface area contributed by atoms with Gasteiger partial charge in [0.2, 0.25) is 0 Å². The largest absolute Gasteiger partial charge is 0.508 e. The van der Waals surface area contributed by atoms with Crippen LogP contribution >= 0.6 is 11.6 Å². The number of hydrogen-bond donors (Lipinski definition) is 1. The van der Waals surface area contributed by atoms with Gasteiger partial charge in [0.1, 0.15) is 11.6 Å². The van der Waals surface area contributed by atoms with Crippen molar-refractivity contribution >= 4 is 17.5 Å². The SMILES string of the molecule is CN(Cc1ccc(Cl)cc1)C(=O)c1ccc(O)cc1F. The molecule has 2 aromatic rings. The Kier molecular flexibility index (Phi) is 4.25. The molecule has 0 radical (unpaired) electrons. The Morgan fingerprint density at radius 1 is 1.25 bits per heavy atom. The summed E-state index contributed by atoms with van der Waals surface area (Å²) in [7, 11) is 1.59. The van der Waals surface area contributed by atoms with Gasteiger partial charge in [-0.25, -0.2) is 4.39 Å². The van der Waals surface area contributed by atoms with E-state index in [1.165, 1.54) is 17.0 Å². The maximum absolute atomic E-state index is 13.6. The Morgan fingerprint density at radius 2 is 1.90 bits per heavy atom. The van der Waals surface area contributed by atoms with Crippen molar-refractivity contribution < 1.29 is 14.3 Å². The molecule has 0 bridgehead atoms. The van der Waals surface area contributed by atoms with Crippen LogP contribution in [0.25, 0.3) is 0 Å². The third kappa shape index (κ3) is 3.27. The van der Waals surface area contributed by atoms with E-state index in [0.29, 0.717) is 11.6 Å². The van der Waals surface area contributed by atoms with Gasteiger partial charge in [-0.2, -0.15) is 0 Å². The summed E-state index contributed by atoms with van der Waals surface area (Å²) >= 11 is 5.79. The van der Waals surface area contributed by atoms with E-state index in [2.05, 4.69) is 0 Å². The van der Waals surface area contributed by atoms with Crippen molar-refractivity contribution in [1.29, 1.82) is 0 Å². The molecule has 0 aromatic heterocycles. The highest BCUT2D eigenvalue weighted by molar-refractivity contribution is 6.30. The first-order chi connectivity index (χ1) is 9.47. The van der Waals surface area contributed by atoms with E-state index < -0.39 is 11.7 Å². The third-order valence-electron chi connectivity index (χ3n) is 2.86. The Bertz CT molecular complexity index is 628. The fraction of sp³-hybridized carbons (Fsp3) is 0.133. The summed E-state index contributed by atoms with van der Waals surface area (Å²) < 4.78 is 13.6. The number of benzene rings is 2. The van der Waals surface area contributed by atoms with E-state index in [1.807, 2.05) is 0 Å². The van der Waals surface area contributed by atoms with Crippen molar-refractivity contribution in [1.82, 2.24) is 4.90 Å². The molecule has 1 N–H and O–H groups in total. The minimum Gasteiger partial charge on any atom is -0.508 e. The van der Waals surface area contributed by atoms with Gasteiger partial charge in [-0.15, -0.1) is 0 Å². The molecule has 3 nitrogen and oxygen atoms in total. The molecule has 0 aliphatic carbocycles. The first kappa shape index (κ1) is 14.3. The first-order valence-electron chi connectivity index (χ1n) is 5.96. The highest BCUT2D eigenvalue weighted by Gasteiger charge is 2.16. The summed E-state index contributed by atoms with van der Waals surface area (Å²) in [5.74, 6) is -1.39. The smallest absolute Gasteiger partial charge is 0.256 e. The molecule has 0 aliphatic heterocycles. The van der Waals surface area contributed by atoms with Gasteiger partial charge in [0.25, 0.3) is 5.91 Å². The lowest BCUT2D eigenvalue weighted by atomic mass is 10.1. The van der Waals surface area contributed by atoms with Crippen LogP contribution in [0.1, 0.15) is 15.9 Å². The minimum atomic E-state index is -0.738. The van der Waals surface area contributed by atoms with Crippen LogP contribution in [0.15, 0.2) is 42.5 Å². The molecular formula is C15H13ClFNO2. The van der Waals surface area contributed by atoms with Gasteiger partial charge in [0.15, 0.2) is 0 Å². The van der Waals surface area contributed by atoms with Crippen LogP contribution < -0.4 is 0 Å². The van der Waals surface area contributed by atoms with Crippen LogP contribution in [0, 0.1) is 5.82 Å². The third-order valence-corrected chi connectivity index (χ3v) is 3.11. The predicted molar refractivity (Wildman–Crippen MR) is 75.3 cm³/mol. The average Bonchev–Trinajstić information content (AvgIpc) is 2.40. The zero-order chi connectivity index (χ0) is 14.7. The number of phenolic OH excluding ortho intramolecular Hbond substituents is 1. The zero-order valence-corrected chi connectivity index (χ0v) is 11.6. The Balaban J connectivity index is 2.14. The topological polar surface area (TPSA) is 40.5 Å². The molecule has 104 valence electrons. The fourth-order valence-electron chi connectivity index (χ4n) is 1.82. The van der Waals surface area contributed by atoms with Crippen molar-refractivity contribution in [2.45, 2.75) is 6.54 Å². The number of rotatable bonds is 3. The van der Waals surface area contributed by atoms with Crippen LogP contribution in [-0.4, -0.2) is 23.0 Å². The number of hydrogen-bond acceptors (Lipinski definition) is 2. The van der Waals surface area contributed by atoms with Gasteiger partial charge in [-0.1, -0.05) is 23.7 Å². The summed E-state index contributed by atoms with van der Waals surface area (Å²) in [6.07, 6.45) is 0. The maximum Gasteiger partial charge on any atom is 0.256 e. The molecule has 0 unspecified atom stereocenters. The molecule has 0 fully saturated rings. The van der Waals surface area contributed by atoms with Crippen molar-refractivity contribution in [3.05, 3.63) is 64.4 Å². The highest BCUT2D eigenvalue weighted by atomic mass is 35.5. The van der Waals surface area contributed by atoms with E-state index in [-0.39, 0.29) is 11.3 Å². The van der Waals surface area contributed by atoms with Crippen molar-refractivity contribution in [3.63, 3.8) is 0 Å². The normalized spacial score (nSPS) is 10.3. The van der Waals surface area contributed by atoms with Crippen LogP contribution in [0.5, 0.6) is 5.75 Å². The number of amides is 1. The molecule has 5 heteroatoms. The summed E-state index contributed by atoms with van der Waals surface area (Å²) in [6.45, 7) is 0.344. The van der Waals surface area contributed by atoms with Crippen LogP contribution in [0.3, 0.4) is 0 Å². The second kappa shape index (κ2) is 5.92. The average molecular weight is 294 g/mol. The molecule has 20 heavy (non-hydrogen) atoms. The number of phenols is 1. The summed E-state index contributed by atoms with van der Waals surface area (Å²) in [5, 5.41) is 9.76. The highest BCUT2D eigenvalue weighted by Crippen LogP contribution is 2.17. The van der Waals surface area contributed by atoms with E-state index in [1.54, 1.807) is 31.3 Å². The van der Waals surface area contributed by atoms with E-state index in [4.69, 9.17) is 16.7 Å². The number of carbonyl (C=O) groups excluding carboxylic acids is 1. The Morgan fingerprint density at radius 3 is 2.50 bits per heavy atom. The lowest BCUT2D eigenvalue weighted by molar-refractivity contribution is 0.0780. The molecule has 0 aliphatic rings.